The Hall–Kier alpha value is -2.50. The van der Waals surface area contributed by atoms with Crippen molar-refractivity contribution >= 4 is 5.91 Å². The first-order valence-electron chi connectivity index (χ1n) is 11.8. The van der Waals surface area contributed by atoms with E-state index in [1.807, 2.05) is 6.92 Å². The standard InChI is InChI=1S/C24H34F3N5O3/c1-17-11-32(18(2)15-33)23(34)9-6-10-31-13-20(28-29-31)16-35-22(17)14-30(3)12-19-7-4-5-8-21(19)24(25,26)27/h4-5,7-8,13,17-18,22,33H,6,9-12,14-16H2,1-3H3/t17-,18+,22+/m0/s1. The van der Waals surface area contributed by atoms with Crippen LogP contribution in [0.5, 0.6) is 0 Å². The third kappa shape index (κ3) is 7.49. The number of hydrogen-bond donors (Lipinski definition) is 1. The van der Waals surface area contributed by atoms with Crippen LogP contribution >= 0.6 is 0 Å². The number of carbonyl (C=O) groups excluding carboxylic acids is 1. The van der Waals surface area contributed by atoms with E-state index in [2.05, 4.69) is 10.3 Å². The van der Waals surface area contributed by atoms with Gasteiger partial charge in [0, 0.05) is 38.5 Å². The van der Waals surface area contributed by atoms with Crippen molar-refractivity contribution < 1.29 is 27.8 Å². The molecule has 1 N–H and O–H groups in total. The molecule has 1 aromatic carbocycles. The molecule has 194 valence electrons. The van der Waals surface area contributed by atoms with E-state index in [1.54, 1.807) is 40.7 Å². The lowest BCUT2D eigenvalue weighted by Crippen LogP contribution is -2.47. The summed E-state index contributed by atoms with van der Waals surface area (Å²) in [5, 5.41) is 17.9. The average molecular weight is 498 g/mol. The Bertz CT molecular complexity index is 968. The molecule has 8 nitrogen and oxygen atoms in total. The largest absolute Gasteiger partial charge is 0.416 e. The molecule has 0 spiro atoms. The molecule has 11 heteroatoms. The van der Waals surface area contributed by atoms with Gasteiger partial charge in [-0.05, 0) is 32.0 Å². The van der Waals surface area contributed by atoms with Crippen molar-refractivity contribution in [3.63, 3.8) is 0 Å². The molecule has 0 aliphatic carbocycles. The van der Waals surface area contributed by atoms with E-state index in [0.717, 1.165) is 6.07 Å². The van der Waals surface area contributed by atoms with Crippen molar-refractivity contribution in [1.29, 1.82) is 0 Å². The molecule has 2 heterocycles. The zero-order valence-corrected chi connectivity index (χ0v) is 20.4. The minimum atomic E-state index is -4.43. The van der Waals surface area contributed by atoms with Gasteiger partial charge in [0.1, 0.15) is 5.69 Å². The van der Waals surface area contributed by atoms with Gasteiger partial charge in [-0.15, -0.1) is 5.10 Å². The number of aliphatic hydroxyl groups excluding tert-OH is 1. The summed E-state index contributed by atoms with van der Waals surface area (Å²) in [5.74, 6) is -0.215. The molecule has 35 heavy (non-hydrogen) atoms. The highest BCUT2D eigenvalue weighted by Gasteiger charge is 2.33. The van der Waals surface area contributed by atoms with Gasteiger partial charge in [0.05, 0.1) is 37.1 Å². The van der Waals surface area contributed by atoms with E-state index in [-0.39, 0.29) is 43.2 Å². The summed E-state index contributed by atoms with van der Waals surface area (Å²) < 4.78 is 48.2. The van der Waals surface area contributed by atoms with E-state index >= 15 is 0 Å². The van der Waals surface area contributed by atoms with Crippen LogP contribution in [0.3, 0.4) is 0 Å². The molecule has 0 saturated carbocycles. The molecule has 3 rings (SSSR count). The Morgan fingerprint density at radius 2 is 2.06 bits per heavy atom. The molecule has 0 radical (unpaired) electrons. The Kier molecular flexibility index (Phi) is 9.26. The number of ether oxygens (including phenoxy) is 1. The van der Waals surface area contributed by atoms with Gasteiger partial charge in [-0.25, -0.2) is 0 Å². The Morgan fingerprint density at radius 1 is 1.31 bits per heavy atom. The first-order valence-corrected chi connectivity index (χ1v) is 11.8. The lowest BCUT2D eigenvalue weighted by Gasteiger charge is -2.35. The zero-order valence-electron chi connectivity index (χ0n) is 20.4. The summed E-state index contributed by atoms with van der Waals surface area (Å²) in [6.07, 6.45) is -2.14. The summed E-state index contributed by atoms with van der Waals surface area (Å²) >= 11 is 0. The van der Waals surface area contributed by atoms with Crippen LogP contribution in [0.2, 0.25) is 0 Å². The number of amides is 1. The van der Waals surface area contributed by atoms with Crippen LogP contribution in [0.4, 0.5) is 13.2 Å². The smallest absolute Gasteiger partial charge is 0.394 e. The van der Waals surface area contributed by atoms with Gasteiger partial charge in [-0.3, -0.25) is 14.4 Å². The van der Waals surface area contributed by atoms with Crippen LogP contribution in [-0.2, 0) is 35.4 Å². The van der Waals surface area contributed by atoms with Gasteiger partial charge in [-0.1, -0.05) is 30.3 Å². The monoisotopic (exact) mass is 497 g/mol. The molecule has 1 aliphatic heterocycles. The van der Waals surface area contributed by atoms with E-state index in [9.17, 15) is 23.1 Å². The lowest BCUT2D eigenvalue weighted by atomic mass is 10.0. The third-order valence-corrected chi connectivity index (χ3v) is 6.30. The molecule has 0 fully saturated rings. The van der Waals surface area contributed by atoms with Gasteiger partial charge in [0.15, 0.2) is 0 Å². The molecular formula is C24H34F3N5O3. The number of alkyl halides is 3. The van der Waals surface area contributed by atoms with Crippen LogP contribution in [-0.4, -0.2) is 74.7 Å². The van der Waals surface area contributed by atoms with Crippen LogP contribution in [0.1, 0.15) is 43.5 Å². The molecule has 2 aromatic rings. The van der Waals surface area contributed by atoms with Crippen molar-refractivity contribution in [2.75, 3.05) is 26.7 Å². The number of hydrogen-bond acceptors (Lipinski definition) is 6. The number of aliphatic hydroxyl groups is 1. The summed E-state index contributed by atoms with van der Waals surface area (Å²) in [6, 6.07) is 5.19. The summed E-state index contributed by atoms with van der Waals surface area (Å²) in [5.41, 5.74) is 0.188. The van der Waals surface area contributed by atoms with E-state index < -0.39 is 17.8 Å². The van der Waals surface area contributed by atoms with Gasteiger partial charge < -0.3 is 14.7 Å². The van der Waals surface area contributed by atoms with Crippen LogP contribution < -0.4 is 0 Å². The SMILES string of the molecule is C[C@H](CO)N1C[C@H](C)[C@@H](CN(C)Cc2ccccc2C(F)(F)F)OCc2cn(nn2)CCCC1=O. The van der Waals surface area contributed by atoms with Crippen molar-refractivity contribution in [3.05, 3.63) is 47.3 Å². The van der Waals surface area contributed by atoms with Gasteiger partial charge in [0.25, 0.3) is 0 Å². The van der Waals surface area contributed by atoms with E-state index in [4.69, 9.17) is 4.74 Å². The molecule has 0 saturated heterocycles. The second kappa shape index (κ2) is 12.0. The molecule has 1 aromatic heterocycles. The Balaban J connectivity index is 1.80. The number of carbonyl (C=O) groups is 1. The fraction of sp³-hybridized carbons (Fsp3) is 0.625. The maximum absolute atomic E-state index is 13.5. The molecule has 1 amide bonds. The maximum Gasteiger partial charge on any atom is 0.416 e. The minimum Gasteiger partial charge on any atom is -0.394 e. The van der Waals surface area contributed by atoms with Crippen LogP contribution in [0.15, 0.2) is 30.5 Å². The first kappa shape index (κ1) is 27.1. The number of aryl methyl sites for hydroxylation is 1. The lowest BCUT2D eigenvalue weighted by molar-refractivity contribution is -0.138. The second-order valence-corrected chi connectivity index (χ2v) is 9.33. The number of halogens is 3. The highest BCUT2D eigenvalue weighted by molar-refractivity contribution is 5.76. The number of fused-ring (bicyclic) bond motifs is 2. The van der Waals surface area contributed by atoms with Crippen LogP contribution in [0, 0.1) is 5.92 Å². The number of benzene rings is 1. The fourth-order valence-electron chi connectivity index (χ4n) is 4.29. The Labute approximate surface area is 203 Å². The Morgan fingerprint density at radius 3 is 2.77 bits per heavy atom. The highest BCUT2D eigenvalue weighted by Crippen LogP contribution is 2.32. The third-order valence-electron chi connectivity index (χ3n) is 6.30. The summed E-state index contributed by atoms with van der Waals surface area (Å²) in [6.45, 7) is 5.12. The summed E-state index contributed by atoms with van der Waals surface area (Å²) in [4.78, 5) is 16.4. The number of likely N-dealkylation sites (N-methyl/N-ethyl adjacent to an activating group) is 1. The van der Waals surface area contributed by atoms with Gasteiger partial charge >= 0.3 is 6.18 Å². The number of rotatable bonds is 6. The molecule has 2 bridgehead atoms. The van der Waals surface area contributed by atoms with Gasteiger partial charge in [-0.2, -0.15) is 13.2 Å². The predicted octanol–water partition coefficient (Wildman–Crippen LogP) is 2.95. The fourth-order valence-corrected chi connectivity index (χ4v) is 4.29. The van der Waals surface area contributed by atoms with E-state index in [0.29, 0.717) is 38.2 Å². The topological polar surface area (TPSA) is 83.7 Å². The average Bonchev–Trinajstić information content (AvgIpc) is 3.26. The molecular weight excluding hydrogens is 463 g/mol. The minimum absolute atomic E-state index is 0.0656. The normalized spacial score (nSPS) is 21.4. The zero-order chi connectivity index (χ0) is 25.6. The van der Waals surface area contributed by atoms with E-state index in [1.165, 1.54) is 12.1 Å². The molecule has 1 aliphatic rings. The number of aromatic nitrogens is 3. The highest BCUT2D eigenvalue weighted by atomic mass is 19.4. The van der Waals surface area contributed by atoms with Crippen molar-refractivity contribution in [2.24, 2.45) is 5.92 Å². The quantitative estimate of drug-likeness (QED) is 0.661. The van der Waals surface area contributed by atoms with Crippen molar-refractivity contribution in [1.82, 2.24) is 24.8 Å². The predicted molar refractivity (Wildman–Crippen MR) is 123 cm³/mol. The summed E-state index contributed by atoms with van der Waals surface area (Å²) in [7, 11) is 1.75. The van der Waals surface area contributed by atoms with Crippen LogP contribution in [0.25, 0.3) is 0 Å². The van der Waals surface area contributed by atoms with Crippen molar-refractivity contribution in [3.8, 4) is 0 Å². The number of nitrogens with zero attached hydrogens (tertiary/aromatic N) is 5. The van der Waals surface area contributed by atoms with Gasteiger partial charge in [0.2, 0.25) is 5.91 Å². The molecule has 0 unspecified atom stereocenters. The van der Waals surface area contributed by atoms with Crippen molar-refractivity contribution in [2.45, 2.75) is 64.7 Å². The molecule has 3 atom stereocenters. The first-order chi connectivity index (χ1) is 16.6. The maximum atomic E-state index is 13.5. The second-order valence-electron chi connectivity index (χ2n) is 9.33.